The van der Waals surface area contributed by atoms with E-state index in [0.29, 0.717) is 6.04 Å². The van der Waals surface area contributed by atoms with Gasteiger partial charge in [0.25, 0.3) is 0 Å². The van der Waals surface area contributed by atoms with Gasteiger partial charge in [-0.15, -0.1) is 0 Å². The number of nitrogens with zero attached hydrogens (tertiary/aromatic N) is 2. The Morgan fingerprint density at radius 3 is 2.92 bits per heavy atom. The van der Waals surface area contributed by atoms with Crippen molar-refractivity contribution in [1.82, 2.24) is 9.78 Å². The van der Waals surface area contributed by atoms with E-state index in [2.05, 4.69) is 5.10 Å². The van der Waals surface area contributed by atoms with Crippen molar-refractivity contribution in [3.63, 3.8) is 0 Å². The van der Waals surface area contributed by atoms with Gasteiger partial charge in [0.2, 0.25) is 0 Å². The lowest BCUT2D eigenvalue weighted by Gasteiger charge is -2.24. The third-order valence-electron chi connectivity index (χ3n) is 1.84. The van der Waals surface area contributed by atoms with Gasteiger partial charge < -0.3 is 5.11 Å². The zero-order valence-electron chi connectivity index (χ0n) is 6.30. The summed E-state index contributed by atoms with van der Waals surface area (Å²) < 4.78 is 1.74. The molecule has 4 nitrogen and oxygen atoms in total. The molecule has 1 fully saturated rings. The van der Waals surface area contributed by atoms with E-state index in [0.717, 1.165) is 11.5 Å². The van der Waals surface area contributed by atoms with Gasteiger partial charge in [0, 0.05) is 17.7 Å². The van der Waals surface area contributed by atoms with Crippen LogP contribution < -0.4 is 0 Å². The van der Waals surface area contributed by atoms with Crippen LogP contribution in [-0.4, -0.2) is 32.4 Å². The summed E-state index contributed by atoms with van der Waals surface area (Å²) in [5.41, 5.74) is 0.270. The molecule has 1 aliphatic rings. The molecule has 0 unspecified atom stereocenters. The second-order valence-electron chi connectivity index (χ2n) is 2.71. The van der Waals surface area contributed by atoms with Gasteiger partial charge in [-0.05, 0) is 0 Å². The van der Waals surface area contributed by atoms with Crippen LogP contribution in [0.2, 0.25) is 0 Å². The molecule has 0 aromatic carbocycles. The van der Waals surface area contributed by atoms with Crippen LogP contribution in [0.5, 0.6) is 0 Å². The Bertz CT molecular complexity index is 306. The minimum atomic E-state index is -0.909. The number of carbonyl (C=O) groups is 1. The lowest BCUT2D eigenvalue weighted by atomic mass is 10.3. The first-order valence-electron chi connectivity index (χ1n) is 3.62. The monoisotopic (exact) mass is 184 g/mol. The third-order valence-corrected chi connectivity index (χ3v) is 3.08. The zero-order valence-corrected chi connectivity index (χ0v) is 7.12. The molecule has 0 atom stereocenters. The van der Waals surface area contributed by atoms with Crippen LogP contribution in [0.1, 0.15) is 16.4 Å². The lowest BCUT2D eigenvalue weighted by Crippen LogP contribution is -2.23. The van der Waals surface area contributed by atoms with Crippen molar-refractivity contribution in [2.75, 3.05) is 11.5 Å². The summed E-state index contributed by atoms with van der Waals surface area (Å²) in [6, 6.07) is 0.406. The van der Waals surface area contributed by atoms with Crippen molar-refractivity contribution in [3.05, 3.63) is 18.0 Å². The van der Waals surface area contributed by atoms with Crippen LogP contribution in [0.15, 0.2) is 12.4 Å². The van der Waals surface area contributed by atoms with Gasteiger partial charge >= 0.3 is 5.97 Å². The Balaban J connectivity index is 2.17. The highest BCUT2D eigenvalue weighted by Crippen LogP contribution is 2.28. The number of thioether (sulfide) groups is 1. The zero-order chi connectivity index (χ0) is 8.55. The molecule has 1 aromatic heterocycles. The van der Waals surface area contributed by atoms with Gasteiger partial charge in [0.05, 0.1) is 17.8 Å². The fraction of sp³-hybridized carbons (Fsp3) is 0.429. The quantitative estimate of drug-likeness (QED) is 0.741. The molecule has 1 aromatic rings. The standard InChI is InChI=1S/C7H8N2O2S/c10-7(11)5-1-8-9(2-5)6-3-12-4-6/h1-2,6H,3-4H2,(H,10,11). The molecule has 64 valence electrons. The van der Waals surface area contributed by atoms with E-state index < -0.39 is 5.97 Å². The highest BCUT2D eigenvalue weighted by molar-refractivity contribution is 8.00. The maximum Gasteiger partial charge on any atom is 0.338 e. The largest absolute Gasteiger partial charge is 0.478 e. The van der Waals surface area contributed by atoms with E-state index in [1.54, 1.807) is 10.9 Å². The molecule has 2 rings (SSSR count). The summed E-state index contributed by atoms with van der Waals surface area (Å²) in [4.78, 5) is 10.5. The highest BCUT2D eigenvalue weighted by Gasteiger charge is 2.21. The van der Waals surface area contributed by atoms with E-state index in [1.807, 2.05) is 11.8 Å². The molecule has 1 aliphatic heterocycles. The van der Waals surface area contributed by atoms with Gasteiger partial charge in [-0.3, -0.25) is 4.68 Å². The van der Waals surface area contributed by atoms with E-state index >= 15 is 0 Å². The molecule has 0 radical (unpaired) electrons. The Morgan fingerprint density at radius 2 is 2.50 bits per heavy atom. The number of rotatable bonds is 2. The Kier molecular flexibility index (Phi) is 1.80. The van der Waals surface area contributed by atoms with E-state index in [1.165, 1.54) is 6.20 Å². The van der Waals surface area contributed by atoms with Crippen molar-refractivity contribution >= 4 is 17.7 Å². The summed E-state index contributed by atoms with van der Waals surface area (Å²) in [5.74, 6) is 1.18. The van der Waals surface area contributed by atoms with Crippen molar-refractivity contribution in [2.45, 2.75) is 6.04 Å². The van der Waals surface area contributed by atoms with E-state index in [9.17, 15) is 4.79 Å². The molecule has 2 heterocycles. The predicted octanol–water partition coefficient (Wildman–Crippen LogP) is 0.869. The highest BCUT2D eigenvalue weighted by atomic mass is 32.2. The van der Waals surface area contributed by atoms with Crippen LogP contribution >= 0.6 is 11.8 Å². The number of carboxylic acids is 1. The number of aromatic nitrogens is 2. The Morgan fingerprint density at radius 1 is 1.75 bits per heavy atom. The molecule has 0 bridgehead atoms. The van der Waals surface area contributed by atoms with Gasteiger partial charge in [0.15, 0.2) is 0 Å². The number of hydrogen-bond acceptors (Lipinski definition) is 3. The molecular formula is C7H8N2O2S. The predicted molar refractivity (Wildman–Crippen MR) is 45.5 cm³/mol. The van der Waals surface area contributed by atoms with Crippen molar-refractivity contribution in [2.24, 2.45) is 0 Å². The van der Waals surface area contributed by atoms with Gasteiger partial charge in [-0.1, -0.05) is 0 Å². The number of carboxylic acid groups (broad SMARTS) is 1. The number of aromatic carboxylic acids is 1. The van der Waals surface area contributed by atoms with Gasteiger partial charge in [-0.25, -0.2) is 4.79 Å². The molecule has 0 aliphatic carbocycles. The molecule has 0 amide bonds. The summed E-state index contributed by atoms with van der Waals surface area (Å²) in [6.45, 7) is 0. The minimum absolute atomic E-state index is 0.270. The Hall–Kier alpha value is -0.970. The normalized spacial score (nSPS) is 17.3. The first kappa shape index (κ1) is 7.67. The second-order valence-corrected chi connectivity index (χ2v) is 3.78. The molecule has 0 spiro atoms. The van der Waals surface area contributed by atoms with E-state index in [-0.39, 0.29) is 5.56 Å². The van der Waals surface area contributed by atoms with Crippen molar-refractivity contribution in [3.8, 4) is 0 Å². The van der Waals surface area contributed by atoms with Gasteiger partial charge in [0.1, 0.15) is 0 Å². The molecule has 12 heavy (non-hydrogen) atoms. The minimum Gasteiger partial charge on any atom is -0.478 e. The van der Waals surface area contributed by atoms with Crippen LogP contribution in [0.25, 0.3) is 0 Å². The first-order chi connectivity index (χ1) is 5.77. The first-order valence-corrected chi connectivity index (χ1v) is 4.78. The summed E-state index contributed by atoms with van der Waals surface area (Å²) in [5, 5.41) is 12.6. The van der Waals surface area contributed by atoms with E-state index in [4.69, 9.17) is 5.11 Å². The van der Waals surface area contributed by atoms with Crippen molar-refractivity contribution < 1.29 is 9.90 Å². The fourth-order valence-electron chi connectivity index (χ4n) is 1.02. The average Bonchev–Trinajstić information content (AvgIpc) is 2.32. The molecule has 5 heteroatoms. The number of hydrogen-bond donors (Lipinski definition) is 1. The SMILES string of the molecule is O=C(O)c1cnn(C2CSC2)c1. The smallest absolute Gasteiger partial charge is 0.338 e. The van der Waals surface area contributed by atoms with Crippen LogP contribution in [0.4, 0.5) is 0 Å². The summed E-state index contributed by atoms with van der Waals surface area (Å²) in [7, 11) is 0. The van der Waals surface area contributed by atoms with Crippen LogP contribution in [-0.2, 0) is 0 Å². The van der Waals surface area contributed by atoms with Gasteiger partial charge in [-0.2, -0.15) is 16.9 Å². The van der Waals surface area contributed by atoms with Crippen molar-refractivity contribution in [1.29, 1.82) is 0 Å². The lowest BCUT2D eigenvalue weighted by molar-refractivity contribution is 0.0697. The summed E-state index contributed by atoms with van der Waals surface area (Å²) >= 11 is 1.85. The Labute approximate surface area is 73.6 Å². The molecule has 1 saturated heterocycles. The molecule has 0 saturated carbocycles. The maximum absolute atomic E-state index is 10.5. The third kappa shape index (κ3) is 1.20. The fourth-order valence-corrected chi connectivity index (χ4v) is 1.78. The average molecular weight is 184 g/mol. The molecular weight excluding hydrogens is 176 g/mol. The van der Waals surface area contributed by atoms with Crippen LogP contribution in [0.3, 0.4) is 0 Å². The van der Waals surface area contributed by atoms with Crippen LogP contribution in [0, 0.1) is 0 Å². The topological polar surface area (TPSA) is 55.1 Å². The molecule has 1 N–H and O–H groups in total. The summed E-state index contributed by atoms with van der Waals surface area (Å²) in [6.07, 6.45) is 2.98. The second kappa shape index (κ2) is 2.82. The maximum atomic E-state index is 10.5.